The lowest BCUT2D eigenvalue weighted by Gasteiger charge is -2.10. The predicted octanol–water partition coefficient (Wildman–Crippen LogP) is 1.28. The minimum absolute atomic E-state index is 0.0456. The van der Waals surface area contributed by atoms with Crippen LogP contribution in [0.5, 0.6) is 0 Å². The number of hydrogen-bond acceptors (Lipinski definition) is 3. The van der Waals surface area contributed by atoms with Gasteiger partial charge in [0.15, 0.2) is 0 Å². The SMILES string of the molecule is CC(=O)CC(O)c1ccccc1N. The first-order valence-electron chi connectivity index (χ1n) is 4.13. The molecule has 1 rings (SSSR count). The monoisotopic (exact) mass is 179 g/mol. The predicted molar refractivity (Wildman–Crippen MR) is 51.1 cm³/mol. The van der Waals surface area contributed by atoms with Crippen LogP contribution < -0.4 is 5.73 Å². The quantitative estimate of drug-likeness (QED) is 0.687. The topological polar surface area (TPSA) is 63.3 Å². The van der Waals surface area contributed by atoms with Crippen molar-refractivity contribution in [1.82, 2.24) is 0 Å². The van der Waals surface area contributed by atoms with E-state index in [-0.39, 0.29) is 12.2 Å². The summed E-state index contributed by atoms with van der Waals surface area (Å²) in [4.78, 5) is 10.7. The van der Waals surface area contributed by atoms with E-state index in [4.69, 9.17) is 5.73 Å². The molecule has 0 amide bonds. The Labute approximate surface area is 77.2 Å². The van der Waals surface area contributed by atoms with Gasteiger partial charge in [-0.25, -0.2) is 0 Å². The van der Waals surface area contributed by atoms with Gasteiger partial charge in [0, 0.05) is 17.7 Å². The molecular formula is C10H13NO2. The average molecular weight is 179 g/mol. The summed E-state index contributed by atoms with van der Waals surface area (Å²) in [5.74, 6) is -0.0456. The molecular weight excluding hydrogens is 166 g/mol. The number of aliphatic hydroxyl groups excluding tert-OH is 1. The highest BCUT2D eigenvalue weighted by molar-refractivity contribution is 5.76. The van der Waals surface area contributed by atoms with Crippen LogP contribution in [0.1, 0.15) is 25.0 Å². The third-order valence-corrected chi connectivity index (χ3v) is 1.84. The molecule has 0 saturated carbocycles. The standard InChI is InChI=1S/C10H13NO2/c1-7(12)6-10(13)8-4-2-3-5-9(8)11/h2-5,10,13H,6,11H2,1H3. The van der Waals surface area contributed by atoms with E-state index in [1.165, 1.54) is 6.92 Å². The van der Waals surface area contributed by atoms with Crippen molar-refractivity contribution in [2.75, 3.05) is 5.73 Å². The van der Waals surface area contributed by atoms with Gasteiger partial charge < -0.3 is 10.8 Å². The van der Waals surface area contributed by atoms with Gasteiger partial charge in [0.25, 0.3) is 0 Å². The summed E-state index contributed by atoms with van der Waals surface area (Å²) in [6.07, 6.45) is -0.660. The lowest BCUT2D eigenvalue weighted by atomic mass is 10.0. The number of hydrogen-bond donors (Lipinski definition) is 2. The van der Waals surface area contributed by atoms with Crippen molar-refractivity contribution in [2.24, 2.45) is 0 Å². The van der Waals surface area contributed by atoms with Crippen LogP contribution in [0.3, 0.4) is 0 Å². The molecule has 0 aliphatic carbocycles. The van der Waals surface area contributed by atoms with Gasteiger partial charge in [0.05, 0.1) is 6.10 Å². The zero-order valence-electron chi connectivity index (χ0n) is 7.53. The Kier molecular flexibility index (Phi) is 3.03. The van der Waals surface area contributed by atoms with Gasteiger partial charge in [-0.2, -0.15) is 0 Å². The van der Waals surface area contributed by atoms with Gasteiger partial charge in [-0.3, -0.25) is 4.79 Å². The molecule has 3 nitrogen and oxygen atoms in total. The van der Waals surface area contributed by atoms with E-state index in [0.29, 0.717) is 11.3 Å². The van der Waals surface area contributed by atoms with Crippen molar-refractivity contribution in [1.29, 1.82) is 0 Å². The van der Waals surface area contributed by atoms with Crippen molar-refractivity contribution in [3.8, 4) is 0 Å². The molecule has 0 aliphatic rings. The van der Waals surface area contributed by atoms with Crippen LogP contribution >= 0.6 is 0 Å². The van der Waals surface area contributed by atoms with Gasteiger partial charge >= 0.3 is 0 Å². The maximum Gasteiger partial charge on any atom is 0.132 e. The van der Waals surface area contributed by atoms with Crippen LogP contribution in [0.15, 0.2) is 24.3 Å². The molecule has 3 heteroatoms. The number of para-hydroxylation sites is 1. The number of carbonyl (C=O) groups excluding carboxylic acids is 1. The van der Waals surface area contributed by atoms with E-state index in [1.54, 1.807) is 24.3 Å². The molecule has 0 spiro atoms. The number of nitrogen functional groups attached to an aromatic ring is 1. The third kappa shape index (κ3) is 2.56. The van der Waals surface area contributed by atoms with Crippen LogP contribution in [0, 0.1) is 0 Å². The molecule has 1 atom stereocenters. The first kappa shape index (κ1) is 9.74. The zero-order chi connectivity index (χ0) is 9.84. The average Bonchev–Trinajstić information content (AvgIpc) is 2.03. The van der Waals surface area contributed by atoms with E-state index in [1.807, 2.05) is 0 Å². The van der Waals surface area contributed by atoms with Gasteiger partial charge in [0.1, 0.15) is 5.78 Å². The maximum atomic E-state index is 10.7. The third-order valence-electron chi connectivity index (χ3n) is 1.84. The molecule has 0 heterocycles. The summed E-state index contributed by atoms with van der Waals surface area (Å²) in [5.41, 5.74) is 6.77. The number of anilines is 1. The minimum atomic E-state index is -0.779. The van der Waals surface area contributed by atoms with E-state index < -0.39 is 6.10 Å². The summed E-state index contributed by atoms with van der Waals surface area (Å²) in [6.45, 7) is 1.45. The van der Waals surface area contributed by atoms with Crippen LogP contribution in [0.4, 0.5) is 5.69 Å². The highest BCUT2D eigenvalue weighted by Gasteiger charge is 2.11. The maximum absolute atomic E-state index is 10.7. The molecule has 3 N–H and O–H groups in total. The molecule has 13 heavy (non-hydrogen) atoms. The second-order valence-electron chi connectivity index (χ2n) is 3.05. The molecule has 0 bridgehead atoms. The second kappa shape index (κ2) is 4.05. The van der Waals surface area contributed by atoms with Crippen LogP contribution in [-0.4, -0.2) is 10.9 Å². The fourth-order valence-electron chi connectivity index (χ4n) is 1.20. The number of nitrogens with two attached hydrogens (primary N) is 1. The first-order chi connectivity index (χ1) is 6.11. The molecule has 0 aromatic heterocycles. The second-order valence-corrected chi connectivity index (χ2v) is 3.05. The molecule has 0 radical (unpaired) electrons. The summed E-state index contributed by atoms with van der Waals surface area (Å²) < 4.78 is 0. The highest BCUT2D eigenvalue weighted by atomic mass is 16.3. The van der Waals surface area contributed by atoms with Crippen molar-refractivity contribution in [2.45, 2.75) is 19.4 Å². The molecule has 1 aromatic carbocycles. The summed E-state index contributed by atoms with van der Waals surface area (Å²) >= 11 is 0. The van der Waals surface area contributed by atoms with E-state index in [0.717, 1.165) is 0 Å². The van der Waals surface area contributed by atoms with Gasteiger partial charge in [-0.1, -0.05) is 18.2 Å². The fourth-order valence-corrected chi connectivity index (χ4v) is 1.20. The summed E-state index contributed by atoms with van der Waals surface area (Å²) in [7, 11) is 0. The normalized spacial score (nSPS) is 12.5. The van der Waals surface area contributed by atoms with Crippen LogP contribution in [0.2, 0.25) is 0 Å². The number of ketones is 1. The molecule has 1 unspecified atom stereocenters. The van der Waals surface area contributed by atoms with Gasteiger partial charge in [0.2, 0.25) is 0 Å². The van der Waals surface area contributed by atoms with Gasteiger partial charge in [-0.05, 0) is 13.0 Å². The van der Waals surface area contributed by atoms with Crippen molar-refractivity contribution >= 4 is 11.5 Å². The lowest BCUT2D eigenvalue weighted by molar-refractivity contribution is -0.118. The number of rotatable bonds is 3. The number of carbonyl (C=O) groups is 1. The lowest BCUT2D eigenvalue weighted by Crippen LogP contribution is -2.05. The van der Waals surface area contributed by atoms with Crippen molar-refractivity contribution in [3.05, 3.63) is 29.8 Å². The number of benzene rings is 1. The largest absolute Gasteiger partial charge is 0.398 e. The summed E-state index contributed by atoms with van der Waals surface area (Å²) in [6, 6.07) is 7.01. The fraction of sp³-hybridized carbons (Fsp3) is 0.300. The Morgan fingerprint density at radius 1 is 1.54 bits per heavy atom. The Morgan fingerprint density at radius 2 is 2.15 bits per heavy atom. The van der Waals surface area contributed by atoms with Gasteiger partial charge in [-0.15, -0.1) is 0 Å². The molecule has 0 fully saturated rings. The summed E-state index contributed by atoms with van der Waals surface area (Å²) in [5, 5.41) is 9.57. The smallest absolute Gasteiger partial charge is 0.132 e. The van der Waals surface area contributed by atoms with Crippen molar-refractivity contribution < 1.29 is 9.90 Å². The Morgan fingerprint density at radius 3 is 2.69 bits per heavy atom. The zero-order valence-corrected chi connectivity index (χ0v) is 7.53. The van der Waals surface area contributed by atoms with E-state index in [2.05, 4.69) is 0 Å². The molecule has 70 valence electrons. The van der Waals surface area contributed by atoms with E-state index in [9.17, 15) is 9.90 Å². The van der Waals surface area contributed by atoms with E-state index >= 15 is 0 Å². The van der Waals surface area contributed by atoms with Crippen LogP contribution in [-0.2, 0) is 4.79 Å². The van der Waals surface area contributed by atoms with Crippen LogP contribution in [0.25, 0.3) is 0 Å². The molecule has 0 aliphatic heterocycles. The number of Topliss-reactive ketones (excluding diaryl/α,β-unsaturated/α-hetero) is 1. The Bertz CT molecular complexity index is 310. The Hall–Kier alpha value is -1.35. The van der Waals surface area contributed by atoms with Crippen molar-refractivity contribution in [3.63, 3.8) is 0 Å². The Balaban J connectivity index is 2.82. The first-order valence-corrected chi connectivity index (χ1v) is 4.13. The molecule has 0 saturated heterocycles. The highest BCUT2D eigenvalue weighted by Crippen LogP contribution is 2.22. The molecule has 1 aromatic rings. The number of aliphatic hydroxyl groups is 1. The minimum Gasteiger partial charge on any atom is -0.398 e.